The number of benzene rings is 1. The largest absolute Gasteiger partial charge is 0.471 e. The Morgan fingerprint density at radius 2 is 1.88 bits per heavy atom. The smallest absolute Gasteiger partial charge is 0.451 e. The van der Waals surface area contributed by atoms with Gasteiger partial charge in [0.05, 0.1) is 57.1 Å². The van der Waals surface area contributed by atoms with Gasteiger partial charge in [-0.1, -0.05) is 6.07 Å². The minimum Gasteiger partial charge on any atom is -0.471 e. The Kier molecular flexibility index (Phi) is 8.58. The Bertz CT molecular complexity index is 2050. The number of rotatable bonds is 9. The van der Waals surface area contributed by atoms with Crippen molar-refractivity contribution in [2.75, 3.05) is 19.7 Å². The van der Waals surface area contributed by atoms with Gasteiger partial charge < -0.3 is 14.0 Å². The number of piperidine rings is 1. The molecule has 3 radical (unpaired) electrons. The Balaban J connectivity index is 1.05. The standard InChI is InChI=1S/C31H26F5N10O2Si/c32-20-9-17(11-37)1-2-19(20)15-47-28-21(33)12-39-26(41-28)18-3-6-45(7-4-18)14-25-40-22-10-23(27-42-29(44-43-27)31(34,35)36)38-13-24(22)46(25)16-30(49)5-8-48-30/h1-2,9-10,12-13,18H,3-8,14-16H2,(H,42,43,44)/t30-/m1/s1. The molecule has 0 unspecified atom stereocenters. The third-order valence-electron chi connectivity index (χ3n) is 8.59. The van der Waals surface area contributed by atoms with Crippen LogP contribution in [0.1, 0.15) is 53.8 Å². The lowest BCUT2D eigenvalue weighted by molar-refractivity contribution is -0.144. The fourth-order valence-corrected chi connectivity index (χ4v) is 6.18. The number of imidazole rings is 1. The number of likely N-dealkylation sites (tertiary alicyclic amines) is 1. The van der Waals surface area contributed by atoms with E-state index in [0.717, 1.165) is 24.5 Å². The molecule has 49 heavy (non-hydrogen) atoms. The predicted molar refractivity (Wildman–Crippen MR) is 162 cm³/mol. The van der Waals surface area contributed by atoms with Crippen molar-refractivity contribution in [3.8, 4) is 23.5 Å². The normalized spacial score (nSPS) is 18.8. The number of aromatic amines is 1. The van der Waals surface area contributed by atoms with Crippen molar-refractivity contribution in [2.45, 2.75) is 56.3 Å². The summed E-state index contributed by atoms with van der Waals surface area (Å²) in [6.45, 7) is 2.54. The van der Waals surface area contributed by atoms with Crippen molar-refractivity contribution < 1.29 is 31.4 Å². The lowest BCUT2D eigenvalue weighted by atomic mass is 9.96. The average Bonchev–Trinajstić information content (AvgIpc) is 3.70. The number of ether oxygens (including phenoxy) is 2. The molecule has 0 saturated carbocycles. The van der Waals surface area contributed by atoms with Gasteiger partial charge in [-0.15, -0.1) is 0 Å². The predicted octanol–water partition coefficient (Wildman–Crippen LogP) is 4.42. The van der Waals surface area contributed by atoms with E-state index in [2.05, 4.69) is 40.2 Å². The van der Waals surface area contributed by atoms with Gasteiger partial charge in [-0.25, -0.2) is 19.3 Å². The van der Waals surface area contributed by atoms with Crippen LogP contribution in [0.5, 0.6) is 5.88 Å². The Morgan fingerprint density at radius 3 is 2.55 bits per heavy atom. The summed E-state index contributed by atoms with van der Waals surface area (Å²) in [6, 6.07) is 7.37. The first-order valence-electron chi connectivity index (χ1n) is 15.3. The summed E-state index contributed by atoms with van der Waals surface area (Å²) in [5.41, 5.74) is 1.68. The second-order valence-electron chi connectivity index (χ2n) is 11.9. The van der Waals surface area contributed by atoms with Crippen LogP contribution < -0.4 is 4.74 Å². The Morgan fingerprint density at radius 1 is 1.08 bits per heavy atom. The zero-order valence-corrected chi connectivity index (χ0v) is 26.6. The van der Waals surface area contributed by atoms with E-state index in [1.165, 1.54) is 12.1 Å². The molecule has 2 aliphatic heterocycles. The highest BCUT2D eigenvalue weighted by Gasteiger charge is 2.37. The van der Waals surface area contributed by atoms with Gasteiger partial charge in [0.25, 0.3) is 5.88 Å². The second-order valence-corrected chi connectivity index (χ2v) is 12.8. The highest BCUT2D eigenvalue weighted by molar-refractivity contribution is 6.15. The van der Waals surface area contributed by atoms with Crippen LogP contribution in [-0.4, -0.2) is 79.7 Å². The zero-order valence-electron chi connectivity index (χ0n) is 25.6. The van der Waals surface area contributed by atoms with E-state index in [1.807, 2.05) is 15.7 Å². The van der Waals surface area contributed by atoms with E-state index < -0.39 is 28.9 Å². The van der Waals surface area contributed by atoms with E-state index in [-0.39, 0.29) is 41.1 Å². The van der Waals surface area contributed by atoms with E-state index in [0.29, 0.717) is 62.5 Å². The summed E-state index contributed by atoms with van der Waals surface area (Å²) in [6.07, 6.45) is 0.0367. The molecule has 2 saturated heterocycles. The summed E-state index contributed by atoms with van der Waals surface area (Å²) in [7, 11) is 3.73. The van der Waals surface area contributed by atoms with Crippen molar-refractivity contribution in [3.63, 3.8) is 0 Å². The first kappa shape index (κ1) is 32.7. The van der Waals surface area contributed by atoms with Gasteiger partial charge in [0, 0.05) is 24.6 Å². The summed E-state index contributed by atoms with van der Waals surface area (Å²) in [4.78, 5) is 23.5. The van der Waals surface area contributed by atoms with Crippen molar-refractivity contribution in [1.29, 1.82) is 5.26 Å². The zero-order chi connectivity index (χ0) is 34.3. The number of fused-ring (bicyclic) bond motifs is 1. The minimum atomic E-state index is -4.67. The van der Waals surface area contributed by atoms with Crippen molar-refractivity contribution in [3.05, 3.63) is 76.9 Å². The number of nitrogens with one attached hydrogen (secondary N) is 1. The van der Waals surface area contributed by atoms with Crippen molar-refractivity contribution in [2.24, 2.45) is 0 Å². The third kappa shape index (κ3) is 6.86. The molecule has 1 aromatic carbocycles. The molecule has 0 amide bonds. The molecule has 1 N–H and O–H groups in total. The van der Waals surface area contributed by atoms with Crippen LogP contribution >= 0.6 is 0 Å². The molecule has 7 rings (SSSR count). The van der Waals surface area contributed by atoms with Gasteiger partial charge in [-0.05, 0) is 50.6 Å². The molecule has 5 aromatic rings. The fourth-order valence-electron chi connectivity index (χ4n) is 5.82. The molecule has 0 aliphatic carbocycles. The van der Waals surface area contributed by atoms with Crippen LogP contribution in [0.15, 0.2) is 36.7 Å². The Hall–Kier alpha value is -4.86. The first-order valence-corrected chi connectivity index (χ1v) is 15.8. The maximum Gasteiger partial charge on any atom is 0.451 e. The van der Waals surface area contributed by atoms with E-state index in [1.54, 1.807) is 12.3 Å². The number of hydrogen-bond donors (Lipinski definition) is 1. The number of aromatic nitrogens is 8. The Labute approximate surface area is 278 Å². The number of pyridine rings is 1. The number of hydrogen-bond acceptors (Lipinski definition) is 10. The number of alkyl halides is 3. The summed E-state index contributed by atoms with van der Waals surface area (Å²) in [5, 5.41) is 14.0. The summed E-state index contributed by atoms with van der Waals surface area (Å²) >= 11 is 0. The van der Waals surface area contributed by atoms with Gasteiger partial charge in [0.15, 0.2) is 5.82 Å². The highest BCUT2D eigenvalue weighted by atomic mass is 28.1. The maximum absolute atomic E-state index is 14.5. The molecule has 251 valence electrons. The number of halogens is 5. The number of nitriles is 1. The quantitative estimate of drug-likeness (QED) is 0.174. The number of nitrogens with zero attached hydrogens (tertiary/aromatic N) is 9. The molecule has 6 heterocycles. The van der Waals surface area contributed by atoms with Crippen LogP contribution in [-0.2, 0) is 30.6 Å². The van der Waals surface area contributed by atoms with Crippen molar-refractivity contribution in [1.82, 2.24) is 44.6 Å². The average molecular weight is 694 g/mol. The van der Waals surface area contributed by atoms with Gasteiger partial charge in [-0.2, -0.15) is 32.9 Å². The molecule has 12 nitrogen and oxygen atoms in total. The molecule has 18 heteroatoms. The van der Waals surface area contributed by atoms with E-state index in [9.17, 15) is 22.0 Å². The van der Waals surface area contributed by atoms with Crippen LogP contribution in [0.3, 0.4) is 0 Å². The molecule has 0 bridgehead atoms. The monoisotopic (exact) mass is 693 g/mol. The van der Waals surface area contributed by atoms with Crippen LogP contribution in [0, 0.1) is 23.0 Å². The minimum absolute atomic E-state index is 0.0757. The summed E-state index contributed by atoms with van der Waals surface area (Å²) in [5.74, 6) is -2.02. The molecule has 4 aromatic heterocycles. The number of H-pyrrole nitrogens is 1. The van der Waals surface area contributed by atoms with Gasteiger partial charge in [0.1, 0.15) is 29.8 Å². The fraction of sp³-hybridized carbons (Fsp3) is 0.387. The van der Waals surface area contributed by atoms with Crippen molar-refractivity contribution >= 4 is 21.3 Å². The first-order chi connectivity index (χ1) is 23.5. The van der Waals surface area contributed by atoms with Gasteiger partial charge in [-0.3, -0.25) is 15.0 Å². The van der Waals surface area contributed by atoms with Crippen LogP contribution in [0.4, 0.5) is 22.0 Å². The summed E-state index contributed by atoms with van der Waals surface area (Å²) < 4.78 is 81.4. The van der Waals surface area contributed by atoms with Gasteiger partial charge in [0.2, 0.25) is 11.6 Å². The van der Waals surface area contributed by atoms with Gasteiger partial charge >= 0.3 is 6.18 Å². The van der Waals surface area contributed by atoms with Crippen LogP contribution in [0.25, 0.3) is 22.6 Å². The molecule has 2 aliphatic rings. The molecular weight excluding hydrogens is 667 g/mol. The van der Waals surface area contributed by atoms with E-state index in [4.69, 9.17) is 19.7 Å². The molecule has 0 spiro atoms. The molecule has 1 atom stereocenters. The van der Waals surface area contributed by atoms with E-state index >= 15 is 0 Å². The lowest BCUT2D eigenvalue weighted by Gasteiger charge is -2.39. The maximum atomic E-state index is 14.5. The molecule has 2 fully saturated rings. The topological polar surface area (TPSA) is 144 Å². The SMILES string of the molecule is N#Cc1ccc(COc2nc(C3CCN(Cc4nc5cc(-c6n[nH]c(C(F)(F)F)n6)ncc5n4C[C@]4([Si])CCO4)CC3)ncc2F)c(F)c1. The molecular formula is C31H26F5N10O2Si. The second kappa shape index (κ2) is 12.9. The lowest BCUT2D eigenvalue weighted by Crippen LogP contribution is -2.48. The highest BCUT2D eigenvalue weighted by Crippen LogP contribution is 2.32. The third-order valence-corrected chi connectivity index (χ3v) is 9.14. The van der Waals surface area contributed by atoms with Crippen LogP contribution in [0.2, 0.25) is 0 Å².